The molecule has 0 heterocycles. The van der Waals surface area contributed by atoms with Gasteiger partial charge in [0.25, 0.3) is 0 Å². The number of nitrogens with zero attached hydrogens (tertiary/aromatic N) is 1. The maximum Gasteiger partial charge on any atom is 0.416 e. The van der Waals surface area contributed by atoms with Crippen LogP contribution >= 0.6 is 0 Å². The number of phenolic OH excluding ortho intramolecular Hbond substituents is 1. The largest absolute Gasteiger partial charge is 0.508 e. The molecule has 4 nitrogen and oxygen atoms in total. The van der Waals surface area contributed by atoms with Crippen molar-refractivity contribution in [1.29, 1.82) is 0 Å². The summed E-state index contributed by atoms with van der Waals surface area (Å²) in [6.07, 6.45) is -4.71. The van der Waals surface area contributed by atoms with E-state index in [1.54, 1.807) is 30.1 Å². The molecule has 0 spiro atoms. The first-order valence-corrected chi connectivity index (χ1v) is 8.19. The number of benzene rings is 2. The first kappa shape index (κ1) is 20.7. The summed E-state index contributed by atoms with van der Waals surface area (Å²) in [4.78, 5) is 13.8. The summed E-state index contributed by atoms with van der Waals surface area (Å²) in [5.41, 5.74) is -0.520. The van der Waals surface area contributed by atoms with Crippen molar-refractivity contribution >= 4 is 5.91 Å². The molecule has 2 N–H and O–H groups in total. The summed E-state index contributed by atoms with van der Waals surface area (Å²) in [5, 5.41) is 12.0. The van der Waals surface area contributed by atoms with Gasteiger partial charge in [0.15, 0.2) is 0 Å². The zero-order valence-electron chi connectivity index (χ0n) is 14.8. The molecule has 0 aromatic heterocycles. The monoisotopic (exact) mass is 384 g/mol. The lowest BCUT2D eigenvalue weighted by Crippen LogP contribution is -2.36. The molecule has 0 aliphatic heterocycles. The van der Waals surface area contributed by atoms with Crippen molar-refractivity contribution < 1.29 is 27.5 Å². The molecule has 1 atom stereocenters. The summed E-state index contributed by atoms with van der Waals surface area (Å²) < 4.78 is 52.1. The van der Waals surface area contributed by atoms with Crippen LogP contribution in [0.4, 0.5) is 17.6 Å². The number of rotatable bonds is 6. The minimum atomic E-state index is -4.71. The Kier molecular flexibility index (Phi) is 6.43. The summed E-state index contributed by atoms with van der Waals surface area (Å²) in [7, 11) is 1.69. The lowest BCUT2D eigenvalue weighted by Gasteiger charge is -2.24. The van der Waals surface area contributed by atoms with Crippen LogP contribution in [-0.4, -0.2) is 29.5 Å². The van der Waals surface area contributed by atoms with Crippen molar-refractivity contribution in [2.75, 3.05) is 13.6 Å². The molecule has 1 amide bonds. The van der Waals surface area contributed by atoms with Gasteiger partial charge in [-0.15, -0.1) is 0 Å². The minimum Gasteiger partial charge on any atom is -0.508 e. The Bertz CT molecular complexity index is 809. The number of carbonyl (C=O) groups is 1. The predicted octanol–water partition coefficient (Wildman–Crippen LogP) is 3.86. The first-order valence-electron chi connectivity index (χ1n) is 8.19. The lowest BCUT2D eigenvalue weighted by atomic mass is 10.1. The molecule has 2 aromatic rings. The minimum absolute atomic E-state index is 0.0562. The van der Waals surface area contributed by atoms with Crippen molar-refractivity contribution in [2.45, 2.75) is 25.7 Å². The number of hydrogen-bond acceptors (Lipinski definition) is 3. The predicted molar refractivity (Wildman–Crippen MR) is 92.4 cm³/mol. The van der Waals surface area contributed by atoms with E-state index < -0.39 is 23.5 Å². The van der Waals surface area contributed by atoms with Gasteiger partial charge in [-0.3, -0.25) is 9.69 Å². The van der Waals surface area contributed by atoms with Gasteiger partial charge in [0.2, 0.25) is 5.91 Å². The van der Waals surface area contributed by atoms with E-state index in [0.29, 0.717) is 6.07 Å². The normalized spacial score (nSPS) is 12.9. The van der Waals surface area contributed by atoms with E-state index in [1.807, 2.05) is 6.92 Å². The molecule has 2 aromatic carbocycles. The third-order valence-electron chi connectivity index (χ3n) is 4.26. The number of likely N-dealkylation sites (N-methyl/N-ethyl adjacent to an activating group) is 1. The SMILES string of the molecule is CC(c1cccc(O)c1)N(C)CC(=O)NCc1ccc(F)cc1C(F)(F)F. The Morgan fingerprint density at radius 1 is 1.22 bits per heavy atom. The van der Waals surface area contributed by atoms with E-state index in [9.17, 15) is 27.5 Å². The summed E-state index contributed by atoms with van der Waals surface area (Å²) in [6, 6.07) is 8.74. The molecule has 8 heteroatoms. The van der Waals surface area contributed by atoms with Gasteiger partial charge >= 0.3 is 6.18 Å². The molecule has 27 heavy (non-hydrogen) atoms. The van der Waals surface area contributed by atoms with Gasteiger partial charge in [0, 0.05) is 12.6 Å². The number of amides is 1. The second-order valence-corrected chi connectivity index (χ2v) is 6.26. The smallest absolute Gasteiger partial charge is 0.416 e. The Balaban J connectivity index is 1.98. The fraction of sp³-hybridized carbons (Fsp3) is 0.316. The number of hydrogen-bond donors (Lipinski definition) is 2. The van der Waals surface area contributed by atoms with Gasteiger partial charge in [0.1, 0.15) is 11.6 Å². The van der Waals surface area contributed by atoms with E-state index in [2.05, 4.69) is 5.32 Å². The van der Waals surface area contributed by atoms with Crippen LogP contribution in [0.5, 0.6) is 5.75 Å². The number of nitrogens with one attached hydrogen (secondary N) is 1. The Morgan fingerprint density at radius 3 is 2.56 bits per heavy atom. The van der Waals surface area contributed by atoms with Crippen LogP contribution < -0.4 is 5.32 Å². The molecule has 0 radical (unpaired) electrons. The van der Waals surface area contributed by atoms with Gasteiger partial charge in [-0.05, 0) is 49.4 Å². The molecule has 2 rings (SSSR count). The quantitative estimate of drug-likeness (QED) is 0.744. The highest BCUT2D eigenvalue weighted by molar-refractivity contribution is 5.78. The molecule has 0 saturated heterocycles. The molecular weight excluding hydrogens is 364 g/mol. The van der Waals surface area contributed by atoms with Crippen molar-refractivity contribution in [3.05, 3.63) is 65.0 Å². The average Bonchev–Trinajstić information content (AvgIpc) is 2.59. The molecule has 0 saturated carbocycles. The first-order chi connectivity index (χ1) is 12.6. The zero-order chi connectivity index (χ0) is 20.2. The van der Waals surface area contributed by atoms with E-state index in [0.717, 1.165) is 17.7 Å². The summed E-state index contributed by atoms with van der Waals surface area (Å²) in [6.45, 7) is 1.42. The Labute approximate surface area is 154 Å². The third kappa shape index (κ3) is 5.68. The van der Waals surface area contributed by atoms with Crippen LogP contribution in [0.3, 0.4) is 0 Å². The van der Waals surface area contributed by atoms with Crippen LogP contribution in [0.15, 0.2) is 42.5 Å². The number of aromatic hydroxyl groups is 1. The molecule has 0 fully saturated rings. The number of halogens is 4. The zero-order valence-corrected chi connectivity index (χ0v) is 14.8. The third-order valence-corrected chi connectivity index (χ3v) is 4.26. The average molecular weight is 384 g/mol. The van der Waals surface area contributed by atoms with Crippen molar-refractivity contribution in [2.24, 2.45) is 0 Å². The number of carbonyl (C=O) groups excluding carboxylic acids is 1. The second-order valence-electron chi connectivity index (χ2n) is 6.26. The van der Waals surface area contributed by atoms with Gasteiger partial charge in [0.05, 0.1) is 12.1 Å². The summed E-state index contributed by atoms with van der Waals surface area (Å²) in [5.74, 6) is -1.35. The van der Waals surface area contributed by atoms with E-state index >= 15 is 0 Å². The van der Waals surface area contributed by atoms with Crippen LogP contribution in [0.1, 0.15) is 29.7 Å². The van der Waals surface area contributed by atoms with Crippen LogP contribution in [0.25, 0.3) is 0 Å². The van der Waals surface area contributed by atoms with Crippen LogP contribution in [-0.2, 0) is 17.5 Å². The van der Waals surface area contributed by atoms with Crippen molar-refractivity contribution in [1.82, 2.24) is 10.2 Å². The maximum absolute atomic E-state index is 13.1. The van der Waals surface area contributed by atoms with Gasteiger partial charge in [-0.25, -0.2) is 4.39 Å². The van der Waals surface area contributed by atoms with E-state index in [1.165, 1.54) is 6.07 Å². The van der Waals surface area contributed by atoms with Gasteiger partial charge < -0.3 is 10.4 Å². The highest BCUT2D eigenvalue weighted by Crippen LogP contribution is 2.32. The Morgan fingerprint density at radius 2 is 1.93 bits per heavy atom. The number of phenols is 1. The lowest BCUT2D eigenvalue weighted by molar-refractivity contribution is -0.138. The second kappa shape index (κ2) is 8.39. The van der Waals surface area contributed by atoms with Crippen LogP contribution in [0, 0.1) is 5.82 Å². The fourth-order valence-electron chi connectivity index (χ4n) is 2.62. The highest BCUT2D eigenvalue weighted by atomic mass is 19.4. The molecule has 146 valence electrons. The highest BCUT2D eigenvalue weighted by Gasteiger charge is 2.33. The van der Waals surface area contributed by atoms with E-state index in [4.69, 9.17) is 0 Å². The van der Waals surface area contributed by atoms with Crippen molar-refractivity contribution in [3.63, 3.8) is 0 Å². The Hall–Kier alpha value is -2.61. The van der Waals surface area contributed by atoms with Gasteiger partial charge in [-0.2, -0.15) is 13.2 Å². The summed E-state index contributed by atoms with van der Waals surface area (Å²) >= 11 is 0. The topological polar surface area (TPSA) is 52.6 Å². The standard InChI is InChI=1S/C19H20F4N2O2/c1-12(13-4-3-5-16(26)8-13)25(2)11-18(27)24-10-14-6-7-15(20)9-17(14)19(21,22)23/h3-9,12,26H,10-11H2,1-2H3,(H,24,27). The molecule has 0 aliphatic rings. The van der Waals surface area contributed by atoms with Crippen molar-refractivity contribution in [3.8, 4) is 5.75 Å². The molecule has 0 aliphatic carbocycles. The van der Waals surface area contributed by atoms with Gasteiger partial charge in [-0.1, -0.05) is 18.2 Å². The number of alkyl halides is 3. The molecule has 1 unspecified atom stereocenters. The maximum atomic E-state index is 13.1. The van der Waals surface area contributed by atoms with E-state index in [-0.39, 0.29) is 30.4 Å². The molecule has 0 bridgehead atoms. The fourth-order valence-corrected chi connectivity index (χ4v) is 2.62. The molecular formula is C19H20F4N2O2. The van der Waals surface area contributed by atoms with Crippen LogP contribution in [0.2, 0.25) is 0 Å².